The van der Waals surface area contributed by atoms with Gasteiger partial charge in [-0.2, -0.15) is 0 Å². The molecule has 0 spiro atoms. The van der Waals surface area contributed by atoms with Crippen molar-refractivity contribution < 1.29 is 49.0 Å². The number of carbonyl (C=O) groups excluding carboxylic acids is 2. The molecule has 3 heterocycles. The highest BCUT2D eigenvalue weighted by molar-refractivity contribution is 5.83. The van der Waals surface area contributed by atoms with Crippen molar-refractivity contribution in [2.24, 2.45) is 35.5 Å². The topological polar surface area (TPSA) is 152 Å². The molecule has 3 aliphatic heterocycles. The fraction of sp³-hybridized carbons (Fsp3) is 0.720. The first-order chi connectivity index (χ1) is 28.6. The number of carbonyl (C=O) groups is 2. The van der Waals surface area contributed by atoms with Crippen molar-refractivity contribution in [3.05, 3.63) is 71.9 Å². The molecule has 0 aromatic heterocycles. The van der Waals surface area contributed by atoms with Gasteiger partial charge in [0, 0.05) is 60.5 Å². The van der Waals surface area contributed by atoms with E-state index in [2.05, 4.69) is 0 Å². The monoisotopic (exact) mass is 841 g/mol. The van der Waals surface area contributed by atoms with Crippen LogP contribution in [0.3, 0.4) is 0 Å². The van der Waals surface area contributed by atoms with Gasteiger partial charge in [0.25, 0.3) is 0 Å². The Kier molecular flexibility index (Phi) is 22.2. The van der Waals surface area contributed by atoms with E-state index in [1.54, 1.807) is 12.2 Å². The minimum Gasteiger partial charge on any atom is -0.458 e. The third kappa shape index (κ3) is 15.2. The number of aliphatic hydroxyl groups excluding tert-OH is 4. The largest absolute Gasteiger partial charge is 0.458 e. The van der Waals surface area contributed by atoms with E-state index < -0.39 is 60.4 Å². The Balaban J connectivity index is 1.93. The molecule has 10 heteroatoms. The number of esters is 2. The molecule has 0 aromatic carbocycles. The molecular weight excluding hydrogens is 761 g/mol. The molecule has 340 valence electrons. The second kappa shape index (κ2) is 25.9. The third-order valence-corrected chi connectivity index (χ3v) is 13.5. The van der Waals surface area contributed by atoms with Crippen molar-refractivity contribution in [2.75, 3.05) is 0 Å². The van der Waals surface area contributed by atoms with Gasteiger partial charge in [-0.1, -0.05) is 104 Å². The lowest BCUT2D eigenvalue weighted by molar-refractivity contribution is -0.157. The minimum atomic E-state index is -0.848. The Labute approximate surface area is 361 Å². The average molecular weight is 841 g/mol. The van der Waals surface area contributed by atoms with Gasteiger partial charge < -0.3 is 39.4 Å². The summed E-state index contributed by atoms with van der Waals surface area (Å²) >= 11 is 0. The van der Waals surface area contributed by atoms with Gasteiger partial charge in [-0.05, 0) is 76.4 Å². The second-order valence-corrected chi connectivity index (χ2v) is 17.6. The Morgan fingerprint density at radius 3 is 1.27 bits per heavy atom. The molecule has 0 radical (unpaired) electrons. The molecule has 16 unspecified atom stereocenters. The number of hydrogen-bond acceptors (Lipinski definition) is 10. The van der Waals surface area contributed by atoms with Crippen molar-refractivity contribution in [1.82, 2.24) is 0 Å². The Morgan fingerprint density at radius 1 is 0.600 bits per heavy atom. The molecule has 3 aliphatic rings. The van der Waals surface area contributed by atoms with E-state index in [4.69, 9.17) is 18.9 Å². The van der Waals surface area contributed by atoms with Crippen LogP contribution in [0.25, 0.3) is 0 Å². The summed E-state index contributed by atoms with van der Waals surface area (Å²) in [5.74, 6) is -2.24. The van der Waals surface area contributed by atoms with E-state index in [1.807, 2.05) is 106 Å². The standard InChI is InChI=1S/C50H80O10/c1-11-35-19-17-21-37(13-3)49(31(7)43(51)27-39-29-45(53)41(15-5)33(9)57-39)60-48(56)26-24-36(12-2)20-18-22-38(14-4)50(59-47(55)25-23-35)32(8)44(52)28-40-30-46(54)42(16-6)34(10)58-40/h17-26,31-34,37-46,49-54H,11-16,27-30H2,1-10H3/b21-17+,22-18+,25-23+,26-24+,35-19+,36-20+. The number of allylic oxidation sites excluding steroid dienone is 8. The van der Waals surface area contributed by atoms with Crippen LogP contribution in [-0.2, 0) is 28.5 Å². The molecule has 0 saturated carbocycles. The SMILES string of the molecule is CCC1=C\C=C\C(CC)C(C(C)C(O)CC2CC(O)C(CC)C(C)O2)OC(=O)/C=C/C(CC)=C/C=C/C(CC)C(C(C)C(O)CC2CC(O)C(CC)C(C)O2)OC(=O)\C=C\1. The fourth-order valence-electron chi connectivity index (χ4n) is 9.40. The molecule has 0 bridgehead atoms. The smallest absolute Gasteiger partial charge is 0.331 e. The van der Waals surface area contributed by atoms with E-state index in [0.29, 0.717) is 51.4 Å². The van der Waals surface area contributed by atoms with Crippen molar-refractivity contribution in [1.29, 1.82) is 0 Å². The van der Waals surface area contributed by atoms with Gasteiger partial charge in [-0.3, -0.25) is 0 Å². The highest BCUT2D eigenvalue weighted by Gasteiger charge is 2.40. The highest BCUT2D eigenvalue weighted by Crippen LogP contribution is 2.35. The summed E-state index contributed by atoms with van der Waals surface area (Å²) in [6.45, 7) is 19.9. The van der Waals surface area contributed by atoms with E-state index in [1.165, 1.54) is 12.2 Å². The third-order valence-electron chi connectivity index (χ3n) is 13.5. The number of ether oxygens (including phenoxy) is 4. The first kappa shape index (κ1) is 51.5. The van der Waals surface area contributed by atoms with Gasteiger partial charge in [0.1, 0.15) is 12.2 Å². The van der Waals surface area contributed by atoms with E-state index in [-0.39, 0.29) is 48.1 Å². The molecule has 3 rings (SSSR count). The number of hydrogen-bond donors (Lipinski definition) is 4. The van der Waals surface area contributed by atoms with Crippen molar-refractivity contribution in [3.63, 3.8) is 0 Å². The van der Waals surface area contributed by atoms with Gasteiger partial charge >= 0.3 is 11.9 Å². The predicted molar refractivity (Wildman–Crippen MR) is 238 cm³/mol. The zero-order valence-electron chi connectivity index (χ0n) is 38.3. The zero-order valence-corrected chi connectivity index (χ0v) is 38.3. The molecule has 60 heavy (non-hydrogen) atoms. The van der Waals surface area contributed by atoms with Gasteiger partial charge in [0.2, 0.25) is 0 Å². The lowest BCUT2D eigenvalue weighted by atomic mass is 9.82. The van der Waals surface area contributed by atoms with Crippen LogP contribution >= 0.6 is 0 Å². The maximum Gasteiger partial charge on any atom is 0.331 e. The molecule has 2 fully saturated rings. The minimum absolute atomic E-state index is 0.0580. The fourth-order valence-corrected chi connectivity index (χ4v) is 9.40. The summed E-state index contributed by atoms with van der Waals surface area (Å²) in [6.07, 6.45) is 18.9. The van der Waals surface area contributed by atoms with Crippen LogP contribution in [0.4, 0.5) is 0 Å². The summed E-state index contributed by atoms with van der Waals surface area (Å²) in [4.78, 5) is 27.1. The summed E-state index contributed by atoms with van der Waals surface area (Å²) in [7, 11) is 0. The summed E-state index contributed by atoms with van der Waals surface area (Å²) < 4.78 is 24.9. The number of aliphatic hydroxyl groups is 4. The van der Waals surface area contributed by atoms with Crippen molar-refractivity contribution in [3.8, 4) is 0 Å². The maximum atomic E-state index is 13.6. The molecule has 4 N–H and O–H groups in total. The molecule has 2 saturated heterocycles. The second-order valence-electron chi connectivity index (χ2n) is 17.6. The van der Waals surface area contributed by atoms with E-state index in [0.717, 1.165) is 24.0 Å². The summed E-state index contributed by atoms with van der Waals surface area (Å²) in [5.41, 5.74) is 1.76. The highest BCUT2D eigenvalue weighted by atomic mass is 16.6. The van der Waals surface area contributed by atoms with Crippen LogP contribution < -0.4 is 0 Å². The van der Waals surface area contributed by atoms with Crippen LogP contribution in [0.1, 0.15) is 133 Å². The molecular formula is C50H80O10. The van der Waals surface area contributed by atoms with Crippen molar-refractivity contribution in [2.45, 2.75) is 194 Å². The molecule has 0 aliphatic carbocycles. The van der Waals surface area contributed by atoms with Gasteiger partial charge in [-0.15, -0.1) is 0 Å². The van der Waals surface area contributed by atoms with Gasteiger partial charge in [0.05, 0.1) is 48.8 Å². The number of rotatable bonds is 14. The summed E-state index contributed by atoms with van der Waals surface area (Å²) in [5, 5.41) is 44.7. The van der Waals surface area contributed by atoms with Crippen LogP contribution in [0.5, 0.6) is 0 Å². The molecule has 10 nitrogen and oxygen atoms in total. The van der Waals surface area contributed by atoms with Crippen LogP contribution in [0.2, 0.25) is 0 Å². The zero-order chi connectivity index (χ0) is 44.5. The Morgan fingerprint density at radius 2 is 0.967 bits per heavy atom. The van der Waals surface area contributed by atoms with Gasteiger partial charge in [0.15, 0.2) is 0 Å². The summed E-state index contributed by atoms with van der Waals surface area (Å²) in [6, 6.07) is 0. The van der Waals surface area contributed by atoms with E-state index in [9.17, 15) is 30.0 Å². The lowest BCUT2D eigenvalue weighted by Gasteiger charge is -2.40. The first-order valence-electron chi connectivity index (χ1n) is 23.2. The van der Waals surface area contributed by atoms with Crippen LogP contribution in [0.15, 0.2) is 71.9 Å². The predicted octanol–water partition coefficient (Wildman–Crippen LogP) is 8.68. The Bertz CT molecular complexity index is 1360. The quantitative estimate of drug-likeness (QED) is 0.125. The average Bonchev–Trinajstić information content (AvgIpc) is 3.20. The van der Waals surface area contributed by atoms with Crippen molar-refractivity contribution >= 4 is 11.9 Å². The first-order valence-corrected chi connectivity index (χ1v) is 23.2. The van der Waals surface area contributed by atoms with E-state index >= 15 is 0 Å². The normalized spacial score (nSPS) is 38.6. The van der Waals surface area contributed by atoms with Crippen LogP contribution in [-0.4, -0.2) is 93.4 Å². The molecule has 16 atom stereocenters. The lowest BCUT2D eigenvalue weighted by Crippen LogP contribution is -2.45. The van der Waals surface area contributed by atoms with Gasteiger partial charge in [-0.25, -0.2) is 9.59 Å². The molecule has 0 amide bonds. The maximum absolute atomic E-state index is 13.6. The Hall–Kier alpha value is -2.86. The van der Waals surface area contributed by atoms with Crippen LogP contribution in [0, 0.1) is 35.5 Å². The molecule has 0 aromatic rings. The number of cyclic esters (lactones) is 2.